The molecule has 0 saturated heterocycles. The lowest BCUT2D eigenvalue weighted by atomic mass is 10.1. The summed E-state index contributed by atoms with van der Waals surface area (Å²) < 4.78 is 5.20. The molecule has 1 aromatic carbocycles. The van der Waals surface area contributed by atoms with Crippen LogP contribution in [0.15, 0.2) is 35.0 Å². The molecule has 0 fully saturated rings. The molecule has 3 heteroatoms. The van der Waals surface area contributed by atoms with E-state index >= 15 is 0 Å². The molecule has 2 heterocycles. The first kappa shape index (κ1) is 7.62. The summed E-state index contributed by atoms with van der Waals surface area (Å²) in [6.07, 6.45) is 2.69. The molecule has 14 heavy (non-hydrogen) atoms. The molecule has 0 bridgehead atoms. The zero-order chi connectivity index (χ0) is 9.38. The average Bonchev–Trinajstić information content (AvgIpc) is 2.61. The summed E-state index contributed by atoms with van der Waals surface area (Å²) in [5.74, 6) is 0.974. The molecule has 1 aliphatic rings. The first-order valence-corrected chi connectivity index (χ1v) is 4.72. The number of aromatic nitrogens is 1. The van der Waals surface area contributed by atoms with Gasteiger partial charge in [0.2, 0.25) is 0 Å². The van der Waals surface area contributed by atoms with Crippen molar-refractivity contribution in [3.8, 4) is 11.1 Å². The Balaban J connectivity index is 2.27. The maximum Gasteiger partial charge on any atom is 0.146 e. The molecule has 70 valence electrons. The number of hydrogen-bond acceptors (Lipinski definition) is 3. The molecule has 0 spiro atoms. The maximum absolute atomic E-state index is 5.20. The molecular weight excluding hydrogens is 176 g/mol. The van der Waals surface area contributed by atoms with E-state index < -0.39 is 0 Å². The van der Waals surface area contributed by atoms with Crippen molar-refractivity contribution in [2.24, 2.45) is 0 Å². The number of benzene rings is 1. The van der Waals surface area contributed by atoms with Gasteiger partial charge >= 0.3 is 0 Å². The Labute approximate surface area is 81.7 Å². The van der Waals surface area contributed by atoms with Gasteiger partial charge in [-0.05, 0) is 6.07 Å². The zero-order valence-electron chi connectivity index (χ0n) is 7.66. The smallest absolute Gasteiger partial charge is 0.146 e. The van der Waals surface area contributed by atoms with Gasteiger partial charge < -0.3 is 9.84 Å². The lowest BCUT2D eigenvalue weighted by molar-refractivity contribution is 0.386. The van der Waals surface area contributed by atoms with Crippen LogP contribution >= 0.6 is 0 Å². The highest BCUT2D eigenvalue weighted by molar-refractivity contribution is 5.79. The average molecular weight is 186 g/mol. The standard InChI is InChI=1S/C11H10N2O/c1-2-4-10-8(3-1)9-7-13-14-11(9)5-6-12-10/h1-4,7,12H,5-6H2. The molecule has 2 aromatic rings. The van der Waals surface area contributed by atoms with E-state index in [2.05, 4.69) is 22.6 Å². The van der Waals surface area contributed by atoms with Gasteiger partial charge in [0.1, 0.15) is 5.76 Å². The molecule has 1 aromatic heterocycles. The lowest BCUT2D eigenvalue weighted by Crippen LogP contribution is -2.01. The van der Waals surface area contributed by atoms with Crippen LogP contribution in [0.5, 0.6) is 0 Å². The summed E-state index contributed by atoms with van der Waals surface area (Å²) in [5, 5.41) is 7.21. The topological polar surface area (TPSA) is 38.1 Å². The number of para-hydroxylation sites is 1. The van der Waals surface area contributed by atoms with Crippen LogP contribution in [0, 0.1) is 0 Å². The van der Waals surface area contributed by atoms with Crippen LogP contribution in [0.1, 0.15) is 5.76 Å². The molecule has 0 amide bonds. The van der Waals surface area contributed by atoms with Crippen LogP contribution in [-0.2, 0) is 6.42 Å². The minimum absolute atomic E-state index is 0.893. The van der Waals surface area contributed by atoms with Crippen molar-refractivity contribution in [1.82, 2.24) is 5.16 Å². The fraction of sp³-hybridized carbons (Fsp3) is 0.182. The third-order valence-electron chi connectivity index (χ3n) is 2.53. The van der Waals surface area contributed by atoms with Crippen LogP contribution < -0.4 is 5.32 Å². The SMILES string of the molecule is c1ccc2c(c1)NCCc1oncc1-2. The van der Waals surface area contributed by atoms with Crippen molar-refractivity contribution < 1.29 is 4.52 Å². The highest BCUT2D eigenvalue weighted by Gasteiger charge is 2.16. The number of nitrogens with one attached hydrogen (secondary N) is 1. The first-order chi connectivity index (χ1) is 6.95. The van der Waals surface area contributed by atoms with Crippen molar-refractivity contribution in [3.63, 3.8) is 0 Å². The molecule has 3 rings (SSSR count). The van der Waals surface area contributed by atoms with E-state index in [0.717, 1.165) is 30.0 Å². The van der Waals surface area contributed by atoms with Gasteiger partial charge in [0.05, 0.1) is 6.20 Å². The fourth-order valence-electron chi connectivity index (χ4n) is 1.85. The highest BCUT2D eigenvalue weighted by Crippen LogP contribution is 2.32. The summed E-state index contributed by atoms with van der Waals surface area (Å²) >= 11 is 0. The maximum atomic E-state index is 5.20. The number of anilines is 1. The molecule has 1 aliphatic heterocycles. The predicted octanol–water partition coefficient (Wildman–Crippen LogP) is 2.31. The van der Waals surface area contributed by atoms with E-state index in [1.54, 1.807) is 6.20 Å². The second kappa shape index (κ2) is 2.87. The van der Waals surface area contributed by atoms with Crippen LogP contribution in [0.4, 0.5) is 5.69 Å². The van der Waals surface area contributed by atoms with Gasteiger partial charge in [0.25, 0.3) is 0 Å². The molecule has 1 N–H and O–H groups in total. The summed E-state index contributed by atoms with van der Waals surface area (Å²) in [5.41, 5.74) is 3.46. The largest absolute Gasteiger partial charge is 0.384 e. The van der Waals surface area contributed by atoms with E-state index in [9.17, 15) is 0 Å². The second-order valence-electron chi connectivity index (χ2n) is 3.39. The summed E-state index contributed by atoms with van der Waals surface area (Å²) in [7, 11) is 0. The fourth-order valence-corrected chi connectivity index (χ4v) is 1.85. The van der Waals surface area contributed by atoms with Gasteiger partial charge in [-0.1, -0.05) is 23.4 Å². The monoisotopic (exact) mass is 186 g/mol. The molecule has 3 nitrogen and oxygen atoms in total. The zero-order valence-corrected chi connectivity index (χ0v) is 7.66. The minimum Gasteiger partial charge on any atom is -0.384 e. The molecule has 0 unspecified atom stereocenters. The number of hydrogen-bond donors (Lipinski definition) is 1. The van der Waals surface area contributed by atoms with Gasteiger partial charge in [-0.3, -0.25) is 0 Å². The van der Waals surface area contributed by atoms with Gasteiger partial charge in [-0.25, -0.2) is 0 Å². The molecule has 0 saturated carbocycles. The second-order valence-corrected chi connectivity index (χ2v) is 3.39. The van der Waals surface area contributed by atoms with Crippen LogP contribution in [-0.4, -0.2) is 11.7 Å². The Morgan fingerprint density at radius 1 is 1.21 bits per heavy atom. The number of fused-ring (bicyclic) bond motifs is 3. The van der Waals surface area contributed by atoms with Crippen molar-refractivity contribution in [2.45, 2.75) is 6.42 Å². The van der Waals surface area contributed by atoms with E-state index in [4.69, 9.17) is 4.52 Å². The Hall–Kier alpha value is -1.77. The Bertz CT molecular complexity index is 462. The van der Waals surface area contributed by atoms with E-state index in [1.165, 1.54) is 5.56 Å². The lowest BCUT2D eigenvalue weighted by Gasteiger charge is -2.05. The Kier molecular flexibility index (Phi) is 1.56. The number of nitrogens with zero attached hydrogens (tertiary/aromatic N) is 1. The van der Waals surface area contributed by atoms with Crippen molar-refractivity contribution >= 4 is 5.69 Å². The summed E-state index contributed by atoms with van der Waals surface area (Å²) in [6.45, 7) is 0.902. The van der Waals surface area contributed by atoms with E-state index in [1.807, 2.05) is 12.1 Å². The first-order valence-electron chi connectivity index (χ1n) is 4.72. The van der Waals surface area contributed by atoms with Gasteiger partial charge in [-0.2, -0.15) is 0 Å². The van der Waals surface area contributed by atoms with Crippen LogP contribution in [0.3, 0.4) is 0 Å². The van der Waals surface area contributed by atoms with E-state index in [0.29, 0.717) is 0 Å². The van der Waals surface area contributed by atoms with Crippen molar-refractivity contribution in [2.75, 3.05) is 11.9 Å². The molecule has 0 atom stereocenters. The normalized spacial score (nSPS) is 13.7. The van der Waals surface area contributed by atoms with Gasteiger partial charge in [-0.15, -0.1) is 0 Å². The predicted molar refractivity (Wildman–Crippen MR) is 54.1 cm³/mol. The van der Waals surface area contributed by atoms with Crippen molar-refractivity contribution in [3.05, 3.63) is 36.2 Å². The van der Waals surface area contributed by atoms with Crippen LogP contribution in [0.2, 0.25) is 0 Å². The molecule has 0 radical (unpaired) electrons. The van der Waals surface area contributed by atoms with E-state index in [-0.39, 0.29) is 0 Å². The quantitative estimate of drug-likeness (QED) is 0.686. The Morgan fingerprint density at radius 2 is 2.14 bits per heavy atom. The van der Waals surface area contributed by atoms with Gasteiger partial charge in [0, 0.05) is 29.8 Å². The van der Waals surface area contributed by atoms with Crippen molar-refractivity contribution in [1.29, 1.82) is 0 Å². The number of rotatable bonds is 0. The third-order valence-corrected chi connectivity index (χ3v) is 2.53. The third kappa shape index (κ3) is 1.02. The minimum atomic E-state index is 0.893. The summed E-state index contributed by atoms with van der Waals surface area (Å²) in [4.78, 5) is 0. The van der Waals surface area contributed by atoms with Crippen LogP contribution in [0.25, 0.3) is 11.1 Å². The van der Waals surface area contributed by atoms with Gasteiger partial charge in [0.15, 0.2) is 0 Å². The Morgan fingerprint density at radius 3 is 3.14 bits per heavy atom. The molecule has 0 aliphatic carbocycles. The molecular formula is C11H10N2O. The summed E-state index contributed by atoms with van der Waals surface area (Å²) in [6, 6.07) is 8.23. The highest BCUT2D eigenvalue weighted by atomic mass is 16.5.